The third-order valence-corrected chi connectivity index (χ3v) is 10.3. The summed E-state index contributed by atoms with van der Waals surface area (Å²) in [5.41, 5.74) is 0. The zero-order valence-corrected chi connectivity index (χ0v) is 18.8. The summed E-state index contributed by atoms with van der Waals surface area (Å²) >= 11 is 0. The molecular weight excluding hydrogens is 354 g/mol. The molecule has 0 spiro atoms. The lowest BCUT2D eigenvalue weighted by Crippen LogP contribution is -2.60. The van der Waals surface area contributed by atoms with Crippen molar-refractivity contribution in [1.29, 1.82) is 0 Å². The molecule has 0 radical (unpaired) electrons. The Morgan fingerprint density at radius 1 is 0.621 bits per heavy atom. The van der Waals surface area contributed by atoms with E-state index in [1.165, 1.54) is 96.6 Å². The highest BCUT2D eigenvalue weighted by molar-refractivity contribution is 5.04. The van der Waals surface area contributed by atoms with Crippen LogP contribution < -0.4 is 10.6 Å². The van der Waals surface area contributed by atoms with Crippen molar-refractivity contribution in [3.8, 4) is 0 Å². The Labute approximate surface area is 179 Å². The molecule has 2 saturated carbocycles. The quantitative estimate of drug-likeness (QED) is 0.712. The second-order valence-corrected chi connectivity index (χ2v) is 12.3. The van der Waals surface area contributed by atoms with E-state index in [1.807, 2.05) is 0 Å². The fourth-order valence-electron chi connectivity index (χ4n) is 8.90. The second kappa shape index (κ2) is 8.10. The van der Waals surface area contributed by atoms with Crippen LogP contribution in [0.5, 0.6) is 0 Å². The zero-order valence-electron chi connectivity index (χ0n) is 18.8. The van der Waals surface area contributed by atoms with E-state index in [2.05, 4.69) is 22.5 Å². The van der Waals surface area contributed by atoms with Crippen LogP contribution in [0, 0.1) is 29.6 Å². The Hall–Kier alpha value is -0.120. The van der Waals surface area contributed by atoms with Gasteiger partial charge in [-0.05, 0) is 107 Å². The van der Waals surface area contributed by atoms with Gasteiger partial charge < -0.3 is 10.6 Å². The minimum atomic E-state index is 0.774. The zero-order chi connectivity index (χ0) is 19.4. The number of rotatable bonds is 2. The minimum Gasteiger partial charge on any atom is -0.311 e. The van der Waals surface area contributed by atoms with Gasteiger partial charge in [-0.15, -0.1) is 0 Å². The van der Waals surface area contributed by atoms with Gasteiger partial charge in [0.05, 0.1) is 0 Å². The van der Waals surface area contributed by atoms with Gasteiger partial charge in [0.1, 0.15) is 0 Å². The van der Waals surface area contributed by atoms with Crippen molar-refractivity contribution in [3.63, 3.8) is 0 Å². The first kappa shape index (κ1) is 19.6. The van der Waals surface area contributed by atoms with Crippen molar-refractivity contribution in [2.45, 2.75) is 121 Å². The van der Waals surface area contributed by atoms with Gasteiger partial charge in [0.15, 0.2) is 0 Å². The SMILES string of the molecule is CC1CC2CCC(C3CC4CCC(N3)C(N3CC5CCCC(CC5)C3)C4)C(C1)N2. The molecule has 7 aliphatic rings. The van der Waals surface area contributed by atoms with Crippen molar-refractivity contribution in [2.24, 2.45) is 29.6 Å². The number of nitrogens with zero attached hydrogens (tertiary/aromatic N) is 1. The first-order valence-corrected chi connectivity index (χ1v) is 13.5. The molecule has 29 heavy (non-hydrogen) atoms. The third kappa shape index (κ3) is 3.94. The van der Waals surface area contributed by atoms with E-state index >= 15 is 0 Å². The van der Waals surface area contributed by atoms with Crippen LogP contribution >= 0.6 is 0 Å². The van der Waals surface area contributed by atoms with Gasteiger partial charge in [0.25, 0.3) is 0 Å². The molecule has 5 aliphatic heterocycles. The Morgan fingerprint density at radius 3 is 2.21 bits per heavy atom. The van der Waals surface area contributed by atoms with Crippen LogP contribution in [0.3, 0.4) is 0 Å². The van der Waals surface area contributed by atoms with Crippen molar-refractivity contribution in [2.75, 3.05) is 13.1 Å². The van der Waals surface area contributed by atoms with Crippen LogP contribution in [0.1, 0.15) is 90.4 Å². The standard InChI is InChI=1S/C26H45N3/c1-17-11-21-8-9-22(24(12-17)27-21)25-13-20-7-10-23(28-25)26(14-20)29-15-18-3-2-4-19(16-29)6-5-18/h17-28H,2-16H2,1H3. The molecule has 5 saturated heterocycles. The van der Waals surface area contributed by atoms with Gasteiger partial charge in [-0.1, -0.05) is 13.3 Å². The van der Waals surface area contributed by atoms with Crippen LogP contribution in [-0.2, 0) is 0 Å². The van der Waals surface area contributed by atoms with Crippen LogP contribution in [0.25, 0.3) is 0 Å². The van der Waals surface area contributed by atoms with Gasteiger partial charge in [-0.2, -0.15) is 0 Å². The van der Waals surface area contributed by atoms with Crippen molar-refractivity contribution < 1.29 is 0 Å². The summed E-state index contributed by atoms with van der Waals surface area (Å²) in [5, 5.41) is 8.41. The molecule has 6 bridgehead atoms. The van der Waals surface area contributed by atoms with E-state index in [4.69, 9.17) is 0 Å². The lowest BCUT2D eigenvalue weighted by Gasteiger charge is -2.47. The molecule has 7 fully saturated rings. The summed E-state index contributed by atoms with van der Waals surface area (Å²) in [6.45, 7) is 5.34. The van der Waals surface area contributed by atoms with Crippen LogP contribution in [0.15, 0.2) is 0 Å². The van der Waals surface area contributed by atoms with Crippen LogP contribution in [0.2, 0.25) is 0 Å². The average molecular weight is 400 g/mol. The monoisotopic (exact) mass is 399 g/mol. The number of nitrogens with one attached hydrogen (secondary N) is 2. The normalized spacial score (nSPS) is 53.3. The summed E-state index contributed by atoms with van der Waals surface area (Å²) in [4.78, 5) is 3.02. The maximum absolute atomic E-state index is 4.35. The topological polar surface area (TPSA) is 27.3 Å². The van der Waals surface area contributed by atoms with Crippen LogP contribution in [-0.4, -0.2) is 48.2 Å². The third-order valence-electron chi connectivity index (χ3n) is 10.3. The molecule has 2 aliphatic carbocycles. The number of hydrogen-bond donors (Lipinski definition) is 2. The highest BCUT2D eigenvalue weighted by Gasteiger charge is 2.46. The maximum atomic E-state index is 4.35. The first-order chi connectivity index (χ1) is 14.2. The van der Waals surface area contributed by atoms with Gasteiger partial charge in [0, 0.05) is 43.3 Å². The number of fused-ring (bicyclic) bond motifs is 9. The Balaban J connectivity index is 1.17. The van der Waals surface area contributed by atoms with E-state index in [9.17, 15) is 0 Å². The van der Waals surface area contributed by atoms with Crippen molar-refractivity contribution in [1.82, 2.24) is 15.5 Å². The molecule has 10 unspecified atom stereocenters. The van der Waals surface area contributed by atoms with Gasteiger partial charge in [0.2, 0.25) is 0 Å². The number of piperidine rings is 2. The largest absolute Gasteiger partial charge is 0.311 e. The molecule has 0 amide bonds. The first-order valence-electron chi connectivity index (χ1n) is 13.5. The molecule has 0 aromatic rings. The van der Waals surface area contributed by atoms with Gasteiger partial charge >= 0.3 is 0 Å². The summed E-state index contributed by atoms with van der Waals surface area (Å²) in [7, 11) is 0. The molecule has 5 heterocycles. The predicted octanol–water partition coefficient (Wildman–Crippen LogP) is 4.56. The molecular formula is C26H45N3. The van der Waals surface area contributed by atoms with Crippen molar-refractivity contribution in [3.05, 3.63) is 0 Å². The van der Waals surface area contributed by atoms with Crippen LogP contribution in [0.4, 0.5) is 0 Å². The van der Waals surface area contributed by atoms with Gasteiger partial charge in [-0.3, -0.25) is 4.90 Å². The lowest BCUT2D eigenvalue weighted by molar-refractivity contribution is 0.0791. The molecule has 0 aromatic heterocycles. The van der Waals surface area contributed by atoms with E-state index < -0.39 is 0 Å². The fraction of sp³-hybridized carbons (Fsp3) is 1.00. The summed E-state index contributed by atoms with van der Waals surface area (Å²) in [6.07, 6.45) is 19.2. The van der Waals surface area contributed by atoms with Gasteiger partial charge in [-0.25, -0.2) is 0 Å². The molecule has 7 rings (SSSR count). The predicted molar refractivity (Wildman–Crippen MR) is 120 cm³/mol. The Kier molecular flexibility index (Phi) is 5.46. The Morgan fingerprint density at radius 2 is 1.38 bits per heavy atom. The number of hydrogen-bond acceptors (Lipinski definition) is 3. The average Bonchev–Trinajstić information content (AvgIpc) is 3.18. The second-order valence-electron chi connectivity index (χ2n) is 12.3. The molecule has 0 aromatic carbocycles. The molecule has 3 heteroatoms. The smallest absolute Gasteiger partial charge is 0.0252 e. The van der Waals surface area contributed by atoms with Crippen molar-refractivity contribution >= 4 is 0 Å². The number of likely N-dealkylation sites (tertiary alicyclic amines) is 1. The molecule has 2 N–H and O–H groups in total. The highest BCUT2D eigenvalue weighted by atomic mass is 15.2. The Bertz CT molecular complexity index is 562. The van der Waals surface area contributed by atoms with E-state index in [1.54, 1.807) is 0 Å². The van der Waals surface area contributed by atoms with E-state index in [0.29, 0.717) is 0 Å². The summed E-state index contributed by atoms with van der Waals surface area (Å²) < 4.78 is 0. The van der Waals surface area contributed by atoms with E-state index in [0.717, 1.165) is 59.8 Å². The molecule has 10 atom stereocenters. The minimum absolute atomic E-state index is 0.774. The fourth-order valence-corrected chi connectivity index (χ4v) is 8.90. The molecule has 3 nitrogen and oxygen atoms in total. The summed E-state index contributed by atoms with van der Waals surface area (Å²) in [5.74, 6) is 4.81. The maximum Gasteiger partial charge on any atom is 0.0252 e. The lowest BCUT2D eigenvalue weighted by atomic mass is 9.71. The van der Waals surface area contributed by atoms with E-state index in [-0.39, 0.29) is 0 Å². The summed E-state index contributed by atoms with van der Waals surface area (Å²) in [6, 6.07) is 4.02. The molecule has 164 valence electrons. The highest BCUT2D eigenvalue weighted by Crippen LogP contribution is 2.43.